The molecule has 67 heavy (non-hydrogen) atoms. The Labute approximate surface area is 393 Å². The van der Waals surface area contributed by atoms with Crippen molar-refractivity contribution in [2.45, 2.75) is 223 Å². The first kappa shape index (κ1) is 53.8. The number of aliphatic hydroxyl groups excluding tert-OH is 12. The van der Waals surface area contributed by atoms with Gasteiger partial charge >= 0.3 is 0 Å². The lowest BCUT2D eigenvalue weighted by molar-refractivity contribution is -0.380. The molecule has 388 valence electrons. The Kier molecular flexibility index (Phi) is 15.9. The Morgan fingerprint density at radius 3 is 1.84 bits per heavy atom. The van der Waals surface area contributed by atoms with Crippen LogP contribution in [0.2, 0.25) is 0 Å². The number of rotatable bonds is 14. The third-order valence-electron chi connectivity index (χ3n) is 18.7. The molecule has 13 N–H and O–H groups in total. The van der Waals surface area contributed by atoms with Crippen molar-refractivity contribution in [3.63, 3.8) is 0 Å². The van der Waals surface area contributed by atoms with Crippen LogP contribution in [0.15, 0.2) is 11.6 Å². The molecule has 3 saturated carbocycles. The van der Waals surface area contributed by atoms with E-state index in [9.17, 15) is 66.4 Å². The Morgan fingerprint density at radius 1 is 0.672 bits per heavy atom. The van der Waals surface area contributed by atoms with Crippen LogP contribution in [0.4, 0.5) is 0 Å². The monoisotopic (exact) mass is 963 g/mol. The summed E-state index contributed by atoms with van der Waals surface area (Å²) in [4.78, 5) is 0. The topological polar surface area (TPSA) is 318 Å². The molecule has 0 spiro atoms. The molecule has 6 fully saturated rings. The predicted molar refractivity (Wildman–Crippen MR) is 235 cm³/mol. The lowest BCUT2D eigenvalue weighted by atomic mass is 9.38. The van der Waals surface area contributed by atoms with Gasteiger partial charge < -0.3 is 94.8 Å². The molecule has 19 nitrogen and oxygen atoms in total. The molecule has 0 radical (unpaired) electrons. The van der Waals surface area contributed by atoms with Crippen molar-refractivity contribution in [3.05, 3.63) is 11.6 Å². The molecule has 4 aliphatic carbocycles. The number of fused-ring (bicyclic) bond motifs is 5. The molecule has 0 aromatic heterocycles. The Bertz CT molecular complexity index is 1710. The van der Waals surface area contributed by atoms with E-state index in [1.165, 1.54) is 5.57 Å². The smallest absolute Gasteiger partial charge is 0.187 e. The quantitative estimate of drug-likeness (QED) is 0.0924. The molecule has 19 heteroatoms. The molecule has 3 heterocycles. The van der Waals surface area contributed by atoms with Gasteiger partial charge in [0.05, 0.1) is 43.7 Å². The van der Waals surface area contributed by atoms with Crippen molar-refractivity contribution in [2.75, 3.05) is 19.8 Å². The summed E-state index contributed by atoms with van der Waals surface area (Å²) in [5, 5.41) is 141. The highest BCUT2D eigenvalue weighted by Crippen LogP contribution is 2.75. The van der Waals surface area contributed by atoms with Gasteiger partial charge in [-0.15, -0.1) is 0 Å². The maximum Gasteiger partial charge on any atom is 0.187 e. The number of hydrogen-bond acceptors (Lipinski definition) is 19. The van der Waals surface area contributed by atoms with Crippen molar-refractivity contribution in [1.82, 2.24) is 0 Å². The summed E-state index contributed by atoms with van der Waals surface area (Å²) in [6.07, 6.45) is -19.2. The maximum atomic E-state index is 12.4. The Hall–Kier alpha value is -1.02. The normalized spacial score (nSPS) is 51.0. The first-order valence-corrected chi connectivity index (χ1v) is 24.5. The van der Waals surface area contributed by atoms with Crippen molar-refractivity contribution in [2.24, 2.45) is 45.3 Å². The van der Waals surface area contributed by atoms with Crippen LogP contribution in [0.5, 0.6) is 0 Å². The molecule has 3 saturated heterocycles. The highest BCUT2D eigenvalue weighted by atomic mass is 16.8. The summed E-state index contributed by atoms with van der Waals surface area (Å²) in [5.41, 5.74) is -1.32. The van der Waals surface area contributed by atoms with E-state index in [0.717, 1.165) is 25.7 Å². The zero-order valence-electron chi connectivity index (χ0n) is 40.3. The fourth-order valence-corrected chi connectivity index (χ4v) is 14.1. The molecule has 3 aliphatic heterocycles. The van der Waals surface area contributed by atoms with E-state index in [0.29, 0.717) is 19.3 Å². The van der Waals surface area contributed by atoms with Crippen LogP contribution in [-0.2, 0) is 28.4 Å². The summed E-state index contributed by atoms with van der Waals surface area (Å²) in [6, 6.07) is 0. The minimum atomic E-state index is -1.90. The summed E-state index contributed by atoms with van der Waals surface area (Å²) in [5.74, 6) is 0.678. The van der Waals surface area contributed by atoms with Crippen molar-refractivity contribution in [1.29, 1.82) is 0 Å². The lowest BCUT2D eigenvalue weighted by Gasteiger charge is -2.67. The molecule has 0 aromatic carbocycles. The molecule has 0 amide bonds. The molecule has 1 unspecified atom stereocenters. The van der Waals surface area contributed by atoms with Crippen LogP contribution in [0, 0.1) is 45.3 Å². The largest absolute Gasteiger partial charge is 0.394 e. The fourth-order valence-electron chi connectivity index (χ4n) is 14.1. The summed E-state index contributed by atoms with van der Waals surface area (Å²) in [6.45, 7) is 14.4. The zero-order chi connectivity index (χ0) is 49.5. The van der Waals surface area contributed by atoms with Gasteiger partial charge in [-0.1, -0.05) is 53.2 Å². The van der Waals surface area contributed by atoms with Gasteiger partial charge in [-0.2, -0.15) is 0 Å². The first-order valence-electron chi connectivity index (χ1n) is 24.5. The molecule has 0 aromatic rings. The number of allylic oxidation sites excluding steroid dienone is 1. The van der Waals surface area contributed by atoms with Crippen molar-refractivity contribution in [3.8, 4) is 0 Å². The van der Waals surface area contributed by atoms with Gasteiger partial charge in [-0.3, -0.25) is 0 Å². The fraction of sp³-hybridized carbons (Fsp3) is 0.958. The maximum absolute atomic E-state index is 12.4. The van der Waals surface area contributed by atoms with Crippen molar-refractivity contribution < 1.29 is 94.8 Å². The zero-order valence-corrected chi connectivity index (χ0v) is 40.3. The van der Waals surface area contributed by atoms with Crippen LogP contribution in [0.1, 0.15) is 107 Å². The highest BCUT2D eigenvalue weighted by molar-refractivity contribution is 5.31. The van der Waals surface area contributed by atoms with E-state index in [1.54, 1.807) is 13.8 Å². The highest BCUT2D eigenvalue weighted by Gasteiger charge is 2.70. The number of hydrogen-bond donors (Lipinski definition) is 13. The van der Waals surface area contributed by atoms with Gasteiger partial charge in [0.25, 0.3) is 0 Å². The van der Waals surface area contributed by atoms with Gasteiger partial charge in [0.2, 0.25) is 0 Å². The SMILES string of the molecule is C[C@H](CC[C@@H](O[C@@H]1O[C@H](CO[C@@H]2O[C@H](CO)[C@@H](O)[C@H](O)[C@H]2O)[C@@H](O)[C@H](O)[C@H]1O[C@@H]1O[C@H](CO)[C@@H](O)[C@H](O)[C@H]1O)C(C)(C)O)[C@H]1CC[C@@]2(C)[C@@H]3CC=C4C(CC[C@H](O)C4(C)C)[C@]3(C)[C@H](O)C[C@]12C. The van der Waals surface area contributed by atoms with Gasteiger partial charge in [0.1, 0.15) is 73.2 Å². The minimum Gasteiger partial charge on any atom is -0.394 e. The van der Waals surface area contributed by atoms with Gasteiger partial charge in [-0.05, 0) is 99.7 Å². The Morgan fingerprint density at radius 2 is 1.24 bits per heavy atom. The summed E-state index contributed by atoms with van der Waals surface area (Å²) in [7, 11) is 0. The second kappa shape index (κ2) is 19.8. The van der Waals surface area contributed by atoms with Gasteiger partial charge in [-0.25, -0.2) is 0 Å². The first-order chi connectivity index (χ1) is 31.2. The van der Waals surface area contributed by atoms with E-state index in [1.807, 2.05) is 0 Å². The van der Waals surface area contributed by atoms with Gasteiger partial charge in [0.15, 0.2) is 18.9 Å². The van der Waals surface area contributed by atoms with Crippen LogP contribution in [0.3, 0.4) is 0 Å². The predicted octanol–water partition coefficient (Wildman–Crippen LogP) is -1.06. The third-order valence-corrected chi connectivity index (χ3v) is 18.7. The van der Waals surface area contributed by atoms with E-state index in [-0.39, 0.29) is 51.8 Å². The van der Waals surface area contributed by atoms with E-state index < -0.39 is 136 Å². The van der Waals surface area contributed by atoms with Crippen LogP contribution >= 0.6 is 0 Å². The van der Waals surface area contributed by atoms with Gasteiger partial charge in [0, 0.05) is 10.8 Å². The lowest BCUT2D eigenvalue weighted by Crippen LogP contribution is -2.65. The van der Waals surface area contributed by atoms with Crippen LogP contribution < -0.4 is 0 Å². The molecular formula is C48H82O19. The second-order valence-electron chi connectivity index (χ2n) is 23.1. The molecule has 25 atom stereocenters. The van der Waals surface area contributed by atoms with E-state index in [4.69, 9.17) is 28.4 Å². The van der Waals surface area contributed by atoms with E-state index in [2.05, 4.69) is 47.6 Å². The number of ether oxygens (including phenoxy) is 6. The van der Waals surface area contributed by atoms with Crippen LogP contribution in [-0.4, -0.2) is 202 Å². The summed E-state index contributed by atoms with van der Waals surface area (Å²) >= 11 is 0. The Balaban J connectivity index is 1.10. The molecule has 7 aliphatic rings. The molecular weight excluding hydrogens is 881 g/mol. The van der Waals surface area contributed by atoms with E-state index >= 15 is 0 Å². The standard InChI is InChI=1S/C48H82O19/c1-21(22-15-16-46(6)28-12-10-23-24(11-13-29(51)44(23,2)3)48(28,8)30(52)17-47(22,46)7)9-14-31(45(4,5)61)66-43-40(67-42-39(60)36(57)33(54)26(19-50)64-42)37(58)34(55)27(65-43)20-62-41-38(59)35(56)32(53)25(18-49)63-41/h10,21-22,24-43,49-61H,9,11-20H2,1-8H3/t21-,22-,24?,25-,26-,27-,28+,29+,30-,31-,32-,33-,34-,35+,36+,37+,38-,39-,40-,41-,42+,43+,46+,47-,48+/m1/s1. The second-order valence-corrected chi connectivity index (χ2v) is 23.1. The minimum absolute atomic E-state index is 0.0795. The molecule has 7 rings (SSSR count). The third kappa shape index (κ3) is 9.24. The molecule has 0 bridgehead atoms. The summed E-state index contributed by atoms with van der Waals surface area (Å²) < 4.78 is 35.5. The van der Waals surface area contributed by atoms with Crippen molar-refractivity contribution >= 4 is 0 Å². The average molecular weight is 963 g/mol. The average Bonchev–Trinajstić information content (AvgIpc) is 3.54. The number of aliphatic hydroxyl groups is 13. The van der Waals surface area contributed by atoms with Crippen LogP contribution in [0.25, 0.3) is 0 Å².